The fourth-order valence-corrected chi connectivity index (χ4v) is 4.35. The van der Waals surface area contributed by atoms with Gasteiger partial charge >= 0.3 is 0 Å². The summed E-state index contributed by atoms with van der Waals surface area (Å²) in [6, 6.07) is 12.8. The first-order valence-electron chi connectivity index (χ1n) is 10.2. The van der Waals surface area contributed by atoms with Crippen molar-refractivity contribution in [3.05, 3.63) is 58.6 Å². The first kappa shape index (κ1) is 21.0. The molecule has 0 aliphatic carbocycles. The third-order valence-electron chi connectivity index (χ3n) is 5.26. The predicted octanol–water partition coefficient (Wildman–Crippen LogP) is 3.42. The van der Waals surface area contributed by atoms with Gasteiger partial charge in [0.25, 0.3) is 16.7 Å². The molecule has 0 aliphatic heterocycles. The van der Waals surface area contributed by atoms with Crippen molar-refractivity contribution >= 4 is 28.4 Å². The molecule has 0 radical (unpaired) electrons. The van der Waals surface area contributed by atoms with Gasteiger partial charge in [0.1, 0.15) is 17.3 Å². The van der Waals surface area contributed by atoms with E-state index < -0.39 is 0 Å². The molecule has 0 N–H and O–H groups in total. The summed E-state index contributed by atoms with van der Waals surface area (Å²) in [6.07, 6.45) is 0. The number of nitrogens with zero attached hydrogens (tertiary/aromatic N) is 6. The highest BCUT2D eigenvalue weighted by molar-refractivity contribution is 7.98. The summed E-state index contributed by atoms with van der Waals surface area (Å²) >= 11 is 1.34. The minimum Gasteiger partial charge on any atom is -0.497 e. The van der Waals surface area contributed by atoms with E-state index in [4.69, 9.17) is 13.9 Å². The number of fused-ring (bicyclic) bond motifs is 3. The maximum atomic E-state index is 12.8. The van der Waals surface area contributed by atoms with E-state index in [0.717, 1.165) is 5.52 Å². The largest absolute Gasteiger partial charge is 0.497 e. The van der Waals surface area contributed by atoms with Gasteiger partial charge < -0.3 is 13.9 Å². The van der Waals surface area contributed by atoms with Crippen LogP contribution in [0.15, 0.2) is 56.9 Å². The van der Waals surface area contributed by atoms with Crippen LogP contribution in [0.25, 0.3) is 28.1 Å². The summed E-state index contributed by atoms with van der Waals surface area (Å²) in [5.41, 5.74) is 1.35. The van der Waals surface area contributed by atoms with Crippen LogP contribution in [-0.2, 0) is 12.3 Å². The Morgan fingerprint density at radius 2 is 1.88 bits per heavy atom. The molecule has 0 unspecified atom stereocenters. The molecule has 5 rings (SSSR count). The lowest BCUT2D eigenvalue weighted by atomic mass is 10.2. The zero-order chi connectivity index (χ0) is 22.9. The van der Waals surface area contributed by atoms with Crippen LogP contribution in [0.1, 0.15) is 12.7 Å². The van der Waals surface area contributed by atoms with Crippen molar-refractivity contribution in [1.82, 2.24) is 29.4 Å². The molecule has 0 bridgehead atoms. The van der Waals surface area contributed by atoms with E-state index in [2.05, 4.69) is 20.4 Å². The Bertz CT molecular complexity index is 1520. The number of aryl methyl sites for hydroxylation is 1. The van der Waals surface area contributed by atoms with Crippen molar-refractivity contribution in [3.63, 3.8) is 0 Å². The van der Waals surface area contributed by atoms with E-state index in [1.54, 1.807) is 30.9 Å². The molecule has 11 heteroatoms. The van der Waals surface area contributed by atoms with Gasteiger partial charge in [-0.3, -0.25) is 13.8 Å². The fourth-order valence-electron chi connectivity index (χ4n) is 3.67. The second-order valence-corrected chi connectivity index (χ2v) is 7.97. The SMILES string of the molecule is CCn1c(=O)c2ccccc2n2c(CSc3nnc(-c4ccc(OC)cc4OC)o3)nnc12. The highest BCUT2D eigenvalue weighted by Gasteiger charge is 2.18. The van der Waals surface area contributed by atoms with E-state index in [0.29, 0.717) is 57.5 Å². The third kappa shape index (κ3) is 3.59. The molecule has 0 fully saturated rings. The van der Waals surface area contributed by atoms with Gasteiger partial charge in [-0.1, -0.05) is 23.9 Å². The number of hydrogen-bond donors (Lipinski definition) is 0. The molecule has 10 nitrogen and oxygen atoms in total. The zero-order valence-corrected chi connectivity index (χ0v) is 19.0. The van der Waals surface area contributed by atoms with Crippen molar-refractivity contribution < 1.29 is 13.9 Å². The number of hydrogen-bond acceptors (Lipinski definition) is 9. The Balaban J connectivity index is 1.47. The molecule has 3 heterocycles. The van der Waals surface area contributed by atoms with Gasteiger partial charge in [0, 0.05) is 12.6 Å². The van der Waals surface area contributed by atoms with Gasteiger partial charge in [0.2, 0.25) is 5.78 Å². The molecule has 0 saturated carbocycles. The number of rotatable bonds is 7. The molecular formula is C22H20N6O4S. The smallest absolute Gasteiger partial charge is 0.277 e. The second-order valence-electron chi connectivity index (χ2n) is 7.05. The summed E-state index contributed by atoms with van der Waals surface area (Å²) < 4.78 is 20.0. The number of thioether (sulfide) groups is 1. The lowest BCUT2D eigenvalue weighted by Crippen LogP contribution is -2.22. The highest BCUT2D eigenvalue weighted by atomic mass is 32.2. The third-order valence-corrected chi connectivity index (χ3v) is 6.08. The zero-order valence-electron chi connectivity index (χ0n) is 18.2. The number of benzene rings is 2. The Kier molecular flexibility index (Phi) is 5.47. The Morgan fingerprint density at radius 3 is 2.67 bits per heavy atom. The molecule has 5 aromatic rings. The van der Waals surface area contributed by atoms with E-state index in [-0.39, 0.29) is 5.56 Å². The van der Waals surface area contributed by atoms with Crippen LogP contribution in [0.4, 0.5) is 0 Å². The fraction of sp³-hybridized carbons (Fsp3) is 0.227. The predicted molar refractivity (Wildman–Crippen MR) is 123 cm³/mol. The number of methoxy groups -OCH3 is 2. The average Bonchev–Trinajstić information content (AvgIpc) is 3.50. The Morgan fingerprint density at radius 1 is 1.03 bits per heavy atom. The summed E-state index contributed by atoms with van der Waals surface area (Å²) in [4.78, 5) is 12.8. The van der Waals surface area contributed by atoms with Crippen molar-refractivity contribution in [2.24, 2.45) is 0 Å². The first-order chi connectivity index (χ1) is 16.1. The van der Waals surface area contributed by atoms with Gasteiger partial charge in [-0.2, -0.15) is 0 Å². The lowest BCUT2D eigenvalue weighted by Gasteiger charge is -2.09. The molecule has 0 aliphatic rings. The van der Waals surface area contributed by atoms with Crippen molar-refractivity contribution in [2.45, 2.75) is 24.4 Å². The standard InChI is InChI=1S/C22H20N6O4S/c1-4-27-20(29)14-7-5-6-8-16(14)28-18(23-25-21(27)28)12-33-22-26-24-19(32-22)15-10-9-13(30-2)11-17(15)31-3/h5-11H,4,12H2,1-3H3. The summed E-state index contributed by atoms with van der Waals surface area (Å²) in [6.45, 7) is 2.40. The normalized spacial score (nSPS) is 11.4. The minimum atomic E-state index is -0.0813. The van der Waals surface area contributed by atoms with Gasteiger partial charge in [-0.05, 0) is 31.2 Å². The van der Waals surface area contributed by atoms with E-state index in [1.165, 1.54) is 11.8 Å². The van der Waals surface area contributed by atoms with Crippen molar-refractivity contribution in [1.29, 1.82) is 0 Å². The van der Waals surface area contributed by atoms with Crippen LogP contribution in [0.2, 0.25) is 0 Å². The van der Waals surface area contributed by atoms with E-state index >= 15 is 0 Å². The van der Waals surface area contributed by atoms with Gasteiger partial charge in [-0.15, -0.1) is 20.4 Å². The maximum Gasteiger partial charge on any atom is 0.277 e. The first-order valence-corrected chi connectivity index (χ1v) is 11.2. The van der Waals surface area contributed by atoms with Gasteiger partial charge in [0.15, 0.2) is 0 Å². The molecule has 0 amide bonds. The summed E-state index contributed by atoms with van der Waals surface area (Å²) in [5, 5.41) is 17.9. The summed E-state index contributed by atoms with van der Waals surface area (Å²) in [5.74, 6) is 3.19. The summed E-state index contributed by atoms with van der Waals surface area (Å²) in [7, 11) is 3.16. The van der Waals surface area contributed by atoms with Crippen molar-refractivity contribution in [3.8, 4) is 23.0 Å². The number of aromatic nitrogens is 6. The number of para-hydroxylation sites is 1. The molecule has 168 valence electrons. The quantitative estimate of drug-likeness (QED) is 0.335. The molecule has 0 saturated heterocycles. The topological polar surface area (TPSA) is 110 Å². The lowest BCUT2D eigenvalue weighted by molar-refractivity contribution is 0.393. The molecule has 0 atom stereocenters. The monoisotopic (exact) mass is 464 g/mol. The Labute approximate surface area is 192 Å². The van der Waals surface area contributed by atoms with Crippen LogP contribution in [0.5, 0.6) is 11.5 Å². The van der Waals surface area contributed by atoms with Gasteiger partial charge in [-0.25, -0.2) is 0 Å². The van der Waals surface area contributed by atoms with Crippen molar-refractivity contribution in [2.75, 3.05) is 14.2 Å². The molecule has 2 aromatic carbocycles. The van der Waals surface area contributed by atoms with E-state index in [1.807, 2.05) is 41.7 Å². The molecule has 0 spiro atoms. The second kappa shape index (κ2) is 8.58. The average molecular weight is 465 g/mol. The van der Waals surface area contributed by atoms with Crippen LogP contribution >= 0.6 is 11.8 Å². The van der Waals surface area contributed by atoms with Crippen LogP contribution < -0.4 is 15.0 Å². The highest BCUT2D eigenvalue weighted by Crippen LogP contribution is 2.34. The maximum absolute atomic E-state index is 12.8. The van der Waals surface area contributed by atoms with Gasteiger partial charge in [0.05, 0.1) is 36.4 Å². The minimum absolute atomic E-state index is 0.0813. The molecule has 3 aromatic heterocycles. The molecule has 33 heavy (non-hydrogen) atoms. The van der Waals surface area contributed by atoms with E-state index in [9.17, 15) is 4.79 Å². The number of ether oxygens (including phenoxy) is 2. The Hall–Kier alpha value is -3.86. The van der Waals surface area contributed by atoms with Crippen LogP contribution in [0, 0.1) is 0 Å². The van der Waals surface area contributed by atoms with Crippen LogP contribution in [-0.4, -0.2) is 43.6 Å². The molecular weight excluding hydrogens is 444 g/mol. The van der Waals surface area contributed by atoms with Crippen LogP contribution in [0.3, 0.4) is 0 Å².